The minimum atomic E-state index is -3.94. The molecule has 0 aliphatic heterocycles. The highest BCUT2D eigenvalue weighted by molar-refractivity contribution is 7.89. The number of nitrogens with one attached hydrogen (secondary N) is 1. The zero-order chi connectivity index (χ0) is 19.9. The third-order valence-corrected chi connectivity index (χ3v) is 5.25. The highest BCUT2D eigenvalue weighted by Gasteiger charge is 2.20. The molecule has 0 heterocycles. The van der Waals surface area contributed by atoms with Gasteiger partial charge in [-0.1, -0.05) is 29.8 Å². The van der Waals surface area contributed by atoms with Gasteiger partial charge in [0, 0.05) is 6.54 Å². The summed E-state index contributed by atoms with van der Waals surface area (Å²) in [5, 5.41) is 9.00. The summed E-state index contributed by atoms with van der Waals surface area (Å²) in [4.78, 5) is -0.201. The number of ether oxygens (including phenoxy) is 2. The van der Waals surface area contributed by atoms with Crippen LogP contribution in [0.1, 0.15) is 24.2 Å². The van der Waals surface area contributed by atoms with Crippen LogP contribution in [0, 0.1) is 12.7 Å². The van der Waals surface area contributed by atoms with Gasteiger partial charge in [-0.05, 0) is 37.6 Å². The molecule has 1 atom stereocenters. The van der Waals surface area contributed by atoms with Gasteiger partial charge in [-0.25, -0.2) is 17.5 Å². The summed E-state index contributed by atoms with van der Waals surface area (Å²) in [6.07, 6.45) is -0.583. The highest BCUT2D eigenvalue weighted by atomic mass is 32.2. The second-order valence-corrected chi connectivity index (χ2v) is 7.64. The molecule has 27 heavy (non-hydrogen) atoms. The first-order chi connectivity index (χ1) is 12.9. The average Bonchev–Trinajstić information content (AvgIpc) is 2.64. The van der Waals surface area contributed by atoms with Gasteiger partial charge in [0.25, 0.3) is 0 Å². The molecule has 0 amide bonds. The Labute approximate surface area is 159 Å². The molecule has 2 aromatic carbocycles. The molecule has 2 rings (SSSR count). The number of sulfonamides is 1. The van der Waals surface area contributed by atoms with Crippen molar-refractivity contribution in [3.63, 3.8) is 0 Å². The summed E-state index contributed by atoms with van der Waals surface area (Å²) in [5.74, 6) is -0.744. The molecule has 2 N–H and O–H groups in total. The van der Waals surface area contributed by atoms with E-state index in [2.05, 4.69) is 4.72 Å². The number of aryl methyl sites for hydroxylation is 1. The van der Waals surface area contributed by atoms with Gasteiger partial charge in [-0.2, -0.15) is 0 Å². The summed E-state index contributed by atoms with van der Waals surface area (Å²) in [7, 11) is -3.94. The normalized spacial score (nSPS) is 12.7. The fourth-order valence-corrected chi connectivity index (χ4v) is 3.48. The molecule has 2 aromatic rings. The maximum atomic E-state index is 14.0. The summed E-state index contributed by atoms with van der Waals surface area (Å²) >= 11 is 0. The molecule has 148 valence electrons. The zero-order valence-corrected chi connectivity index (χ0v) is 16.1. The predicted octanol–water partition coefficient (Wildman–Crippen LogP) is 2.56. The lowest BCUT2D eigenvalue weighted by molar-refractivity contribution is 0.0309. The molecular weight excluding hydrogens is 373 g/mol. The summed E-state index contributed by atoms with van der Waals surface area (Å²) in [6, 6.07) is 10.9. The van der Waals surface area contributed by atoms with E-state index in [4.69, 9.17) is 14.6 Å². The second kappa shape index (κ2) is 9.80. The molecule has 0 aliphatic rings. The van der Waals surface area contributed by atoms with Crippen LogP contribution in [0.15, 0.2) is 47.4 Å². The Balaban J connectivity index is 2.14. The minimum Gasteiger partial charge on any atom is -0.491 e. The number of hydrogen-bond acceptors (Lipinski definition) is 5. The zero-order valence-electron chi connectivity index (χ0n) is 15.3. The Bertz CT molecular complexity index is 840. The van der Waals surface area contributed by atoms with Crippen LogP contribution in [-0.2, 0) is 14.8 Å². The Morgan fingerprint density at radius 1 is 1.19 bits per heavy atom. The molecular formula is C19H24FNO5S. The van der Waals surface area contributed by atoms with Crippen molar-refractivity contribution in [3.05, 3.63) is 59.4 Å². The van der Waals surface area contributed by atoms with Crippen LogP contribution in [0.4, 0.5) is 4.39 Å². The van der Waals surface area contributed by atoms with E-state index in [1.165, 1.54) is 12.1 Å². The first-order valence-corrected chi connectivity index (χ1v) is 10.1. The fourth-order valence-electron chi connectivity index (χ4n) is 2.44. The van der Waals surface area contributed by atoms with Crippen LogP contribution in [0.3, 0.4) is 0 Å². The molecule has 0 aliphatic carbocycles. The Morgan fingerprint density at radius 2 is 1.89 bits per heavy atom. The van der Waals surface area contributed by atoms with Gasteiger partial charge in [-0.15, -0.1) is 0 Å². The molecule has 0 saturated heterocycles. The molecule has 0 bridgehead atoms. The minimum absolute atomic E-state index is 0.000242. The van der Waals surface area contributed by atoms with Crippen molar-refractivity contribution in [2.24, 2.45) is 0 Å². The maximum Gasteiger partial charge on any atom is 0.240 e. The summed E-state index contributed by atoms with van der Waals surface area (Å²) < 4.78 is 52.0. The van der Waals surface area contributed by atoms with E-state index in [-0.39, 0.29) is 37.0 Å². The van der Waals surface area contributed by atoms with Crippen LogP contribution in [0.2, 0.25) is 0 Å². The van der Waals surface area contributed by atoms with Gasteiger partial charge < -0.3 is 14.6 Å². The van der Waals surface area contributed by atoms with Crippen molar-refractivity contribution in [1.29, 1.82) is 0 Å². The van der Waals surface area contributed by atoms with E-state index in [0.29, 0.717) is 0 Å². The molecule has 0 radical (unpaired) electrons. The smallest absolute Gasteiger partial charge is 0.240 e. The third kappa shape index (κ3) is 6.00. The Morgan fingerprint density at radius 3 is 2.48 bits per heavy atom. The van der Waals surface area contributed by atoms with Gasteiger partial charge in [0.2, 0.25) is 10.0 Å². The molecule has 0 saturated carbocycles. The van der Waals surface area contributed by atoms with Crippen molar-refractivity contribution in [2.75, 3.05) is 26.4 Å². The molecule has 8 heteroatoms. The number of rotatable bonds is 10. The van der Waals surface area contributed by atoms with E-state index in [9.17, 15) is 12.8 Å². The van der Waals surface area contributed by atoms with E-state index in [1.54, 1.807) is 6.92 Å². The van der Waals surface area contributed by atoms with Gasteiger partial charge in [0.15, 0.2) is 11.6 Å². The third-order valence-electron chi connectivity index (χ3n) is 3.83. The topological polar surface area (TPSA) is 84.9 Å². The number of aliphatic hydroxyl groups is 1. The Kier molecular flexibility index (Phi) is 7.73. The molecule has 1 unspecified atom stereocenters. The number of halogens is 1. The standard InChI is InChI=1S/C19H24FNO5S/c1-3-25-18-9-8-16(12-17(18)20)27(23,24)21-13-19(26-11-10-22)15-6-4-14(2)5-7-15/h4-9,12,19,21-22H,3,10-11,13H2,1-2H3. The number of hydrogen-bond donors (Lipinski definition) is 2. The molecule has 0 fully saturated rings. The lowest BCUT2D eigenvalue weighted by Gasteiger charge is -2.19. The molecule has 6 nitrogen and oxygen atoms in total. The largest absolute Gasteiger partial charge is 0.491 e. The van der Waals surface area contributed by atoms with E-state index in [1.807, 2.05) is 31.2 Å². The van der Waals surface area contributed by atoms with Gasteiger partial charge in [-0.3, -0.25) is 0 Å². The predicted molar refractivity (Wildman–Crippen MR) is 99.7 cm³/mol. The van der Waals surface area contributed by atoms with Gasteiger partial charge >= 0.3 is 0 Å². The highest BCUT2D eigenvalue weighted by Crippen LogP contribution is 2.22. The number of aliphatic hydroxyl groups excluding tert-OH is 1. The quantitative estimate of drug-likeness (QED) is 0.644. The maximum absolute atomic E-state index is 14.0. The van der Waals surface area contributed by atoms with Crippen molar-refractivity contribution in [3.8, 4) is 5.75 Å². The van der Waals surface area contributed by atoms with E-state index in [0.717, 1.165) is 17.2 Å². The molecule has 0 spiro atoms. The first-order valence-electron chi connectivity index (χ1n) is 8.58. The SMILES string of the molecule is CCOc1ccc(S(=O)(=O)NCC(OCCO)c2ccc(C)cc2)cc1F. The summed E-state index contributed by atoms with van der Waals surface area (Å²) in [5.41, 5.74) is 1.83. The van der Waals surface area contributed by atoms with Crippen molar-refractivity contribution in [1.82, 2.24) is 4.72 Å². The van der Waals surface area contributed by atoms with Crippen LogP contribution < -0.4 is 9.46 Å². The van der Waals surface area contributed by atoms with E-state index < -0.39 is 21.9 Å². The monoisotopic (exact) mass is 397 g/mol. The Hall–Kier alpha value is -2.00. The van der Waals surface area contributed by atoms with Crippen LogP contribution in [-0.4, -0.2) is 39.9 Å². The molecule has 0 aromatic heterocycles. The lowest BCUT2D eigenvalue weighted by Crippen LogP contribution is -2.30. The lowest BCUT2D eigenvalue weighted by atomic mass is 10.1. The number of benzene rings is 2. The fraction of sp³-hybridized carbons (Fsp3) is 0.368. The van der Waals surface area contributed by atoms with Crippen molar-refractivity contribution >= 4 is 10.0 Å². The van der Waals surface area contributed by atoms with Crippen molar-refractivity contribution in [2.45, 2.75) is 24.8 Å². The first kappa shape index (κ1) is 21.3. The summed E-state index contributed by atoms with van der Waals surface area (Å²) in [6.45, 7) is 3.76. The van der Waals surface area contributed by atoms with Gasteiger partial charge in [0.1, 0.15) is 0 Å². The van der Waals surface area contributed by atoms with Crippen molar-refractivity contribution < 1.29 is 27.4 Å². The van der Waals surface area contributed by atoms with E-state index >= 15 is 0 Å². The van der Waals surface area contributed by atoms with Crippen LogP contribution in [0.25, 0.3) is 0 Å². The van der Waals surface area contributed by atoms with Gasteiger partial charge in [0.05, 0.1) is 30.8 Å². The second-order valence-electron chi connectivity index (χ2n) is 5.87. The van der Waals surface area contributed by atoms with Crippen LogP contribution in [0.5, 0.6) is 5.75 Å². The van der Waals surface area contributed by atoms with Crippen LogP contribution >= 0.6 is 0 Å². The average molecular weight is 397 g/mol.